The van der Waals surface area contributed by atoms with Crippen LogP contribution >= 0.6 is 0 Å². The van der Waals surface area contributed by atoms with Crippen LogP contribution in [0.25, 0.3) is 0 Å². The largest absolute Gasteiger partial charge is 0.449 e. The summed E-state index contributed by atoms with van der Waals surface area (Å²) in [6.07, 6.45) is -2.16. The standard InChI is InChI=1S/C9H12F3N3/c1-15-7(6-2-3-13-4-6)5-14-8(15)9(10,11)12/h5-6,13H,2-4H2,1H3. The number of aromatic nitrogens is 2. The molecule has 3 nitrogen and oxygen atoms in total. The molecule has 0 bridgehead atoms. The van der Waals surface area contributed by atoms with Crippen molar-refractivity contribution in [3.05, 3.63) is 17.7 Å². The lowest BCUT2D eigenvalue weighted by Crippen LogP contribution is -2.16. The zero-order chi connectivity index (χ0) is 11.1. The Bertz CT molecular complexity index is 350. The smallest absolute Gasteiger partial charge is 0.327 e. The third-order valence-electron chi connectivity index (χ3n) is 2.76. The van der Waals surface area contributed by atoms with E-state index in [0.29, 0.717) is 5.69 Å². The van der Waals surface area contributed by atoms with Gasteiger partial charge in [-0.15, -0.1) is 0 Å². The Labute approximate surface area is 85.3 Å². The van der Waals surface area contributed by atoms with Gasteiger partial charge in [0.15, 0.2) is 0 Å². The summed E-state index contributed by atoms with van der Waals surface area (Å²) in [5.41, 5.74) is 0.660. The minimum absolute atomic E-state index is 0.151. The summed E-state index contributed by atoms with van der Waals surface area (Å²) in [7, 11) is 1.42. The minimum atomic E-state index is -4.36. The van der Waals surface area contributed by atoms with E-state index in [9.17, 15) is 13.2 Å². The van der Waals surface area contributed by atoms with Gasteiger partial charge in [0.05, 0.1) is 0 Å². The van der Waals surface area contributed by atoms with Crippen LogP contribution in [0.15, 0.2) is 6.20 Å². The number of nitrogens with zero attached hydrogens (tertiary/aromatic N) is 2. The molecule has 2 heterocycles. The molecule has 1 aromatic rings. The average molecular weight is 219 g/mol. The van der Waals surface area contributed by atoms with Gasteiger partial charge in [-0.25, -0.2) is 4.98 Å². The molecular formula is C9H12F3N3. The van der Waals surface area contributed by atoms with Crippen molar-refractivity contribution in [3.63, 3.8) is 0 Å². The zero-order valence-corrected chi connectivity index (χ0v) is 8.30. The fraction of sp³-hybridized carbons (Fsp3) is 0.667. The average Bonchev–Trinajstić information content (AvgIpc) is 2.69. The zero-order valence-electron chi connectivity index (χ0n) is 8.30. The highest BCUT2D eigenvalue weighted by atomic mass is 19.4. The van der Waals surface area contributed by atoms with Gasteiger partial charge in [0.25, 0.3) is 0 Å². The van der Waals surface area contributed by atoms with Crippen molar-refractivity contribution < 1.29 is 13.2 Å². The van der Waals surface area contributed by atoms with E-state index in [1.54, 1.807) is 0 Å². The van der Waals surface area contributed by atoms with E-state index < -0.39 is 12.0 Å². The van der Waals surface area contributed by atoms with Crippen molar-refractivity contribution in [1.29, 1.82) is 0 Å². The van der Waals surface area contributed by atoms with E-state index in [2.05, 4.69) is 10.3 Å². The molecule has 1 N–H and O–H groups in total. The summed E-state index contributed by atoms with van der Waals surface area (Å²) in [6, 6.07) is 0. The fourth-order valence-electron chi connectivity index (χ4n) is 1.97. The Hall–Kier alpha value is -1.04. The number of alkyl halides is 3. The molecule has 0 aliphatic carbocycles. The van der Waals surface area contributed by atoms with Crippen LogP contribution in [-0.4, -0.2) is 22.6 Å². The number of hydrogen-bond donors (Lipinski definition) is 1. The van der Waals surface area contributed by atoms with Crippen LogP contribution in [0.2, 0.25) is 0 Å². The molecule has 0 aromatic carbocycles. The summed E-state index contributed by atoms with van der Waals surface area (Å²) in [5.74, 6) is -0.664. The van der Waals surface area contributed by atoms with Crippen LogP contribution in [0.3, 0.4) is 0 Å². The molecule has 1 unspecified atom stereocenters. The molecule has 0 radical (unpaired) electrons. The van der Waals surface area contributed by atoms with Crippen molar-refractivity contribution in [1.82, 2.24) is 14.9 Å². The van der Waals surface area contributed by atoms with Gasteiger partial charge in [0.2, 0.25) is 5.82 Å². The van der Waals surface area contributed by atoms with E-state index in [4.69, 9.17) is 0 Å². The first-order chi connectivity index (χ1) is 7.00. The van der Waals surface area contributed by atoms with Gasteiger partial charge in [-0.05, 0) is 13.0 Å². The SMILES string of the molecule is Cn1c(C2CCNC2)cnc1C(F)(F)F. The fourth-order valence-corrected chi connectivity index (χ4v) is 1.97. The molecule has 1 atom stereocenters. The maximum absolute atomic E-state index is 12.5. The molecule has 0 saturated carbocycles. The van der Waals surface area contributed by atoms with Gasteiger partial charge in [-0.2, -0.15) is 13.2 Å². The third kappa shape index (κ3) is 1.86. The summed E-state index contributed by atoms with van der Waals surface area (Å²) >= 11 is 0. The van der Waals surface area contributed by atoms with Crippen LogP contribution in [0.5, 0.6) is 0 Å². The molecule has 1 fully saturated rings. The second-order valence-corrected chi connectivity index (χ2v) is 3.75. The number of halogens is 3. The van der Waals surface area contributed by atoms with E-state index in [1.807, 2.05) is 0 Å². The van der Waals surface area contributed by atoms with Crippen molar-refractivity contribution >= 4 is 0 Å². The number of imidazole rings is 1. The van der Waals surface area contributed by atoms with Crippen LogP contribution in [0.1, 0.15) is 23.9 Å². The molecule has 1 saturated heterocycles. The normalized spacial score (nSPS) is 22.3. The van der Waals surface area contributed by atoms with Gasteiger partial charge in [-0.3, -0.25) is 0 Å². The highest BCUT2D eigenvalue weighted by molar-refractivity contribution is 5.14. The molecule has 1 aliphatic rings. The van der Waals surface area contributed by atoms with E-state index >= 15 is 0 Å². The molecular weight excluding hydrogens is 207 g/mol. The molecule has 0 amide bonds. The van der Waals surface area contributed by atoms with Gasteiger partial charge in [-0.1, -0.05) is 0 Å². The lowest BCUT2D eigenvalue weighted by Gasteiger charge is -2.11. The molecule has 0 spiro atoms. The van der Waals surface area contributed by atoms with Crippen molar-refractivity contribution in [3.8, 4) is 0 Å². The Kier molecular flexibility index (Phi) is 2.46. The number of rotatable bonds is 1. The second-order valence-electron chi connectivity index (χ2n) is 3.75. The molecule has 1 aromatic heterocycles. The lowest BCUT2D eigenvalue weighted by atomic mass is 10.1. The van der Waals surface area contributed by atoms with Crippen LogP contribution < -0.4 is 5.32 Å². The Morgan fingerprint density at radius 3 is 2.73 bits per heavy atom. The predicted octanol–water partition coefficient (Wildman–Crippen LogP) is 1.52. The maximum Gasteiger partial charge on any atom is 0.449 e. The van der Waals surface area contributed by atoms with Gasteiger partial charge < -0.3 is 9.88 Å². The number of hydrogen-bond acceptors (Lipinski definition) is 2. The van der Waals surface area contributed by atoms with Crippen molar-refractivity contribution in [2.24, 2.45) is 7.05 Å². The monoisotopic (exact) mass is 219 g/mol. The third-order valence-corrected chi connectivity index (χ3v) is 2.76. The maximum atomic E-state index is 12.5. The first kappa shape index (κ1) is 10.5. The van der Waals surface area contributed by atoms with Crippen LogP contribution in [0, 0.1) is 0 Å². The first-order valence-electron chi connectivity index (χ1n) is 4.79. The Morgan fingerprint density at radius 1 is 1.53 bits per heavy atom. The van der Waals surface area contributed by atoms with Gasteiger partial charge >= 0.3 is 6.18 Å². The highest BCUT2D eigenvalue weighted by Crippen LogP contribution is 2.31. The van der Waals surface area contributed by atoms with Gasteiger partial charge in [0.1, 0.15) is 0 Å². The Morgan fingerprint density at radius 2 is 2.27 bits per heavy atom. The molecule has 2 rings (SSSR count). The summed E-state index contributed by atoms with van der Waals surface area (Å²) in [4.78, 5) is 3.44. The Balaban J connectivity index is 2.31. The predicted molar refractivity (Wildman–Crippen MR) is 48.4 cm³/mol. The van der Waals surface area contributed by atoms with E-state index in [1.165, 1.54) is 13.2 Å². The summed E-state index contributed by atoms with van der Waals surface area (Å²) in [6.45, 7) is 1.59. The summed E-state index contributed by atoms with van der Waals surface area (Å²) < 4.78 is 38.5. The van der Waals surface area contributed by atoms with E-state index in [0.717, 1.165) is 24.1 Å². The molecule has 1 aliphatic heterocycles. The number of nitrogens with one attached hydrogen (secondary N) is 1. The lowest BCUT2D eigenvalue weighted by molar-refractivity contribution is -0.146. The van der Waals surface area contributed by atoms with Crippen LogP contribution in [-0.2, 0) is 13.2 Å². The molecule has 84 valence electrons. The van der Waals surface area contributed by atoms with Crippen LogP contribution in [0.4, 0.5) is 13.2 Å². The van der Waals surface area contributed by atoms with E-state index in [-0.39, 0.29) is 5.92 Å². The topological polar surface area (TPSA) is 29.9 Å². The van der Waals surface area contributed by atoms with Gasteiger partial charge in [0, 0.05) is 31.4 Å². The second kappa shape index (κ2) is 3.52. The first-order valence-corrected chi connectivity index (χ1v) is 4.79. The van der Waals surface area contributed by atoms with Crippen molar-refractivity contribution in [2.45, 2.75) is 18.5 Å². The quantitative estimate of drug-likeness (QED) is 0.776. The minimum Gasteiger partial charge on any atom is -0.327 e. The molecule has 6 heteroatoms. The summed E-state index contributed by atoms with van der Waals surface area (Å²) in [5, 5.41) is 3.12. The highest BCUT2D eigenvalue weighted by Gasteiger charge is 2.37. The van der Waals surface area contributed by atoms with Crippen molar-refractivity contribution in [2.75, 3.05) is 13.1 Å². The molecule has 15 heavy (non-hydrogen) atoms.